The molecule has 2 fully saturated rings. The van der Waals surface area contributed by atoms with E-state index in [1.54, 1.807) is 12.1 Å². The minimum atomic E-state index is -4.31. The van der Waals surface area contributed by atoms with Crippen molar-refractivity contribution >= 4 is 11.8 Å². The summed E-state index contributed by atoms with van der Waals surface area (Å²) in [5.74, 6) is 1.95. The highest BCUT2D eigenvalue weighted by molar-refractivity contribution is 7.99. The number of aliphatic hydroxyl groups is 1. The van der Waals surface area contributed by atoms with E-state index in [4.69, 9.17) is 4.42 Å². The van der Waals surface area contributed by atoms with Gasteiger partial charge in [-0.15, -0.1) is 10.2 Å². The van der Waals surface area contributed by atoms with E-state index in [2.05, 4.69) is 20.1 Å². The summed E-state index contributed by atoms with van der Waals surface area (Å²) in [5, 5.41) is 19.7. The van der Waals surface area contributed by atoms with Crippen LogP contribution in [-0.4, -0.2) is 61.2 Å². The van der Waals surface area contributed by atoms with Crippen molar-refractivity contribution in [2.45, 2.75) is 43.1 Å². The summed E-state index contributed by atoms with van der Waals surface area (Å²) in [6, 6.07) is 5.59. The molecule has 1 N–H and O–H groups in total. The van der Waals surface area contributed by atoms with Crippen molar-refractivity contribution in [1.82, 2.24) is 24.6 Å². The number of hydrogen-bond acceptors (Lipinski definition) is 7. The monoisotopic (exact) mass is 493 g/mol. The molecule has 1 saturated carbocycles. The second kappa shape index (κ2) is 8.69. The highest BCUT2D eigenvalue weighted by Gasteiger charge is 2.57. The number of aromatic nitrogens is 4. The predicted molar refractivity (Wildman–Crippen MR) is 120 cm³/mol. The van der Waals surface area contributed by atoms with Gasteiger partial charge in [-0.1, -0.05) is 23.9 Å². The third kappa shape index (κ3) is 4.48. The Morgan fingerprint density at radius 1 is 1.26 bits per heavy atom. The Labute approximate surface area is 199 Å². The highest BCUT2D eigenvalue weighted by atomic mass is 32.2. The number of alkyl halides is 3. The number of aryl methyl sites for hydroxylation is 1. The van der Waals surface area contributed by atoms with Crippen molar-refractivity contribution in [1.29, 1.82) is 0 Å². The Hall–Kier alpha value is -2.37. The molecule has 11 heteroatoms. The zero-order valence-corrected chi connectivity index (χ0v) is 19.7. The topological polar surface area (TPSA) is 80.2 Å². The van der Waals surface area contributed by atoms with Crippen LogP contribution < -0.4 is 0 Å². The molecular formula is C23H26F3N5O2S. The Morgan fingerprint density at radius 2 is 2.03 bits per heavy atom. The van der Waals surface area contributed by atoms with Gasteiger partial charge in [0.1, 0.15) is 0 Å². The van der Waals surface area contributed by atoms with Gasteiger partial charge in [0.2, 0.25) is 5.82 Å². The molecule has 3 atom stereocenters. The summed E-state index contributed by atoms with van der Waals surface area (Å²) in [4.78, 5) is 6.34. The van der Waals surface area contributed by atoms with Crippen molar-refractivity contribution in [2.75, 3.05) is 25.4 Å². The summed E-state index contributed by atoms with van der Waals surface area (Å²) >= 11 is 1.44. The first-order valence-corrected chi connectivity index (χ1v) is 12.1. The number of aliphatic hydroxyl groups excluding tert-OH is 1. The highest BCUT2D eigenvalue weighted by Crippen LogP contribution is 2.64. The quantitative estimate of drug-likeness (QED) is 0.496. The molecule has 1 unspecified atom stereocenters. The van der Waals surface area contributed by atoms with Crippen LogP contribution in [0.25, 0.3) is 11.6 Å². The normalized spacial score (nSPS) is 23.6. The average molecular weight is 494 g/mol. The molecule has 2 aliphatic rings. The van der Waals surface area contributed by atoms with Crippen LogP contribution in [0.4, 0.5) is 13.2 Å². The van der Waals surface area contributed by atoms with E-state index in [9.17, 15) is 18.3 Å². The number of rotatable bonds is 7. The fraction of sp³-hybridized carbons (Fsp3) is 0.522. The Balaban J connectivity index is 1.12. The molecule has 1 aromatic carbocycles. The van der Waals surface area contributed by atoms with Gasteiger partial charge in [0.15, 0.2) is 17.3 Å². The average Bonchev–Trinajstić information content (AvgIpc) is 3.06. The van der Waals surface area contributed by atoms with Crippen LogP contribution in [0, 0.1) is 12.3 Å². The first kappa shape index (κ1) is 23.4. The molecule has 0 amide bonds. The lowest BCUT2D eigenvalue weighted by Gasteiger charge is -2.20. The van der Waals surface area contributed by atoms with Crippen LogP contribution in [0.5, 0.6) is 0 Å². The SMILES string of the molecule is Cc1ncoc1-c1nnc(SCC(O)CN2CC[C@@]3(C[C@H]3c3ccc(C(F)(F)F)cc3)C2)n1C. The van der Waals surface area contributed by atoms with E-state index in [0.29, 0.717) is 35.0 Å². The van der Waals surface area contributed by atoms with E-state index >= 15 is 0 Å². The van der Waals surface area contributed by atoms with Gasteiger partial charge in [-0.25, -0.2) is 4.98 Å². The number of halogens is 3. The zero-order valence-electron chi connectivity index (χ0n) is 18.9. The molecule has 1 aliphatic carbocycles. The van der Waals surface area contributed by atoms with E-state index < -0.39 is 17.8 Å². The van der Waals surface area contributed by atoms with Crippen LogP contribution >= 0.6 is 11.8 Å². The van der Waals surface area contributed by atoms with Gasteiger partial charge in [0.25, 0.3) is 0 Å². The van der Waals surface area contributed by atoms with Crippen LogP contribution in [0.3, 0.4) is 0 Å². The van der Waals surface area contributed by atoms with Crippen molar-refractivity contribution in [3.63, 3.8) is 0 Å². The number of hydrogen-bond donors (Lipinski definition) is 1. The first-order valence-electron chi connectivity index (χ1n) is 11.2. The van der Waals surface area contributed by atoms with E-state index in [-0.39, 0.29) is 5.41 Å². The van der Waals surface area contributed by atoms with Crippen LogP contribution in [-0.2, 0) is 13.2 Å². The number of likely N-dealkylation sites (tertiary alicyclic amines) is 1. The van der Waals surface area contributed by atoms with Gasteiger partial charge in [0.05, 0.1) is 17.4 Å². The molecule has 1 aliphatic heterocycles. The lowest BCUT2D eigenvalue weighted by atomic mass is 9.97. The molecule has 1 spiro atoms. The molecule has 3 aromatic rings. The van der Waals surface area contributed by atoms with Gasteiger partial charge < -0.3 is 19.0 Å². The lowest BCUT2D eigenvalue weighted by Crippen LogP contribution is -2.32. The molecule has 2 aromatic heterocycles. The van der Waals surface area contributed by atoms with E-state index in [1.807, 2.05) is 18.5 Å². The minimum Gasteiger partial charge on any atom is -0.440 e. The maximum absolute atomic E-state index is 12.8. The number of oxazole rings is 1. The Morgan fingerprint density at radius 3 is 2.71 bits per heavy atom. The molecule has 34 heavy (non-hydrogen) atoms. The Kier molecular flexibility index (Phi) is 5.97. The Bertz CT molecular complexity index is 1160. The van der Waals surface area contributed by atoms with Gasteiger partial charge in [-0.3, -0.25) is 0 Å². The first-order chi connectivity index (χ1) is 16.2. The van der Waals surface area contributed by atoms with E-state index in [0.717, 1.165) is 37.2 Å². The summed E-state index contributed by atoms with van der Waals surface area (Å²) in [7, 11) is 1.85. The summed E-state index contributed by atoms with van der Waals surface area (Å²) in [6.45, 7) is 4.15. The smallest absolute Gasteiger partial charge is 0.416 e. The van der Waals surface area contributed by atoms with Crippen molar-refractivity contribution < 1.29 is 22.7 Å². The molecule has 3 heterocycles. The lowest BCUT2D eigenvalue weighted by molar-refractivity contribution is -0.137. The second-order valence-electron chi connectivity index (χ2n) is 9.32. The maximum Gasteiger partial charge on any atom is 0.416 e. The maximum atomic E-state index is 12.8. The van der Waals surface area contributed by atoms with Crippen molar-refractivity contribution in [2.24, 2.45) is 12.5 Å². The predicted octanol–water partition coefficient (Wildman–Crippen LogP) is 4.13. The standard InChI is InChI=1S/C23H26F3N5O2S/c1-14-19(33-13-27-14)20-28-29-21(30(20)2)34-11-17(32)10-31-8-7-22(12-31)9-18(22)15-3-5-16(6-4-15)23(24,25)26/h3-6,13,17-18,32H,7-12H2,1-2H3/t17?,18-,22+/m0/s1. The largest absolute Gasteiger partial charge is 0.440 e. The van der Waals surface area contributed by atoms with Crippen LogP contribution in [0.15, 0.2) is 40.2 Å². The molecular weight excluding hydrogens is 467 g/mol. The van der Waals surface area contributed by atoms with Gasteiger partial charge >= 0.3 is 6.18 Å². The molecule has 0 bridgehead atoms. The van der Waals surface area contributed by atoms with Crippen molar-refractivity contribution in [3.8, 4) is 11.6 Å². The van der Waals surface area contributed by atoms with Gasteiger partial charge in [-0.05, 0) is 55.3 Å². The second-order valence-corrected chi connectivity index (χ2v) is 10.3. The van der Waals surface area contributed by atoms with Gasteiger partial charge in [-0.2, -0.15) is 13.2 Å². The minimum absolute atomic E-state index is 0.125. The number of benzene rings is 1. The fourth-order valence-electron chi connectivity index (χ4n) is 4.99. The third-order valence-electron chi connectivity index (χ3n) is 6.95. The third-order valence-corrected chi connectivity index (χ3v) is 8.12. The number of nitrogens with zero attached hydrogens (tertiary/aromatic N) is 5. The summed E-state index contributed by atoms with van der Waals surface area (Å²) in [5.41, 5.74) is 1.24. The molecule has 5 rings (SSSR count). The van der Waals surface area contributed by atoms with Crippen molar-refractivity contribution in [3.05, 3.63) is 47.5 Å². The van der Waals surface area contributed by atoms with Crippen LogP contribution in [0.1, 0.15) is 35.6 Å². The number of β-amino-alcohol motifs (C(OH)–C–C–N with tert-alkyl or cyclic N) is 1. The summed E-state index contributed by atoms with van der Waals surface area (Å²) < 4.78 is 45.7. The zero-order chi connectivity index (χ0) is 24.1. The molecule has 1 saturated heterocycles. The molecule has 0 radical (unpaired) electrons. The van der Waals surface area contributed by atoms with Crippen LogP contribution in [0.2, 0.25) is 0 Å². The number of thioether (sulfide) groups is 1. The molecule has 7 nitrogen and oxygen atoms in total. The van der Waals surface area contributed by atoms with E-state index in [1.165, 1.54) is 30.3 Å². The summed E-state index contributed by atoms with van der Waals surface area (Å²) in [6.07, 6.45) is -1.47. The molecule has 182 valence electrons. The fourth-order valence-corrected chi connectivity index (χ4v) is 5.82. The van der Waals surface area contributed by atoms with Gasteiger partial charge in [0, 0.05) is 25.9 Å².